The van der Waals surface area contributed by atoms with Gasteiger partial charge in [-0.3, -0.25) is 0 Å². The van der Waals surface area contributed by atoms with Gasteiger partial charge in [-0.05, 0) is 13.3 Å². The Bertz CT molecular complexity index is 347. The lowest BCUT2D eigenvalue weighted by Crippen LogP contribution is -2.36. The molecule has 0 N–H and O–H groups in total. The van der Waals surface area contributed by atoms with E-state index in [1.807, 2.05) is 0 Å². The van der Waals surface area contributed by atoms with Gasteiger partial charge in [-0.15, -0.1) is 5.10 Å². The molecule has 1 aromatic rings. The zero-order valence-electron chi connectivity index (χ0n) is 8.65. The first-order valence-corrected chi connectivity index (χ1v) is 4.63. The van der Waals surface area contributed by atoms with Gasteiger partial charge in [-0.2, -0.15) is 22.0 Å². The summed E-state index contributed by atoms with van der Waals surface area (Å²) in [4.78, 5) is 0. The lowest BCUT2D eigenvalue weighted by molar-refractivity contribution is -0.292. The van der Waals surface area contributed by atoms with Crippen molar-refractivity contribution in [2.24, 2.45) is 0 Å². The van der Waals surface area contributed by atoms with Crippen LogP contribution in [0.5, 0.6) is 0 Å². The molecule has 1 aromatic heterocycles. The van der Waals surface area contributed by atoms with E-state index in [2.05, 4.69) is 10.3 Å². The van der Waals surface area contributed by atoms with Crippen LogP contribution in [0, 0.1) is 0 Å². The van der Waals surface area contributed by atoms with E-state index in [4.69, 9.17) is 0 Å². The normalized spacial score (nSPS) is 13.2. The van der Waals surface area contributed by atoms with Gasteiger partial charge in [0, 0.05) is 6.54 Å². The molecule has 0 aromatic carbocycles. The zero-order chi connectivity index (χ0) is 12.6. The number of hydrogen-bond donors (Lipinski definition) is 0. The van der Waals surface area contributed by atoms with Gasteiger partial charge >= 0.3 is 12.1 Å². The summed E-state index contributed by atoms with van der Waals surface area (Å²) in [5.41, 5.74) is -1.49. The van der Waals surface area contributed by atoms with Crippen molar-refractivity contribution in [3.05, 3.63) is 11.4 Å². The van der Waals surface area contributed by atoms with Gasteiger partial charge < -0.3 is 0 Å². The predicted octanol–water partition coefficient (Wildman–Crippen LogP) is 2.51. The molecule has 92 valence electrons. The monoisotopic (exact) mass is 243 g/mol. The highest BCUT2D eigenvalue weighted by molar-refractivity contribution is 5.18. The van der Waals surface area contributed by atoms with Crippen molar-refractivity contribution >= 4 is 0 Å². The average molecular weight is 243 g/mol. The van der Waals surface area contributed by atoms with Gasteiger partial charge in [0.25, 0.3) is 0 Å². The van der Waals surface area contributed by atoms with E-state index in [1.54, 1.807) is 0 Å². The molecule has 1 rings (SSSR count). The standard InChI is InChI=1S/C8H10F5N3/c1-3-5-6(16(4-2)15-14-5)7(9,10)8(11,12)13/h3-4H2,1-2H3. The highest BCUT2D eigenvalue weighted by Gasteiger charge is 2.61. The van der Waals surface area contributed by atoms with E-state index in [1.165, 1.54) is 13.8 Å². The molecule has 0 spiro atoms. The fourth-order valence-electron chi connectivity index (χ4n) is 1.29. The van der Waals surface area contributed by atoms with Crippen LogP contribution in [-0.2, 0) is 18.9 Å². The van der Waals surface area contributed by atoms with Crippen LogP contribution in [0.1, 0.15) is 25.2 Å². The van der Waals surface area contributed by atoms with Gasteiger partial charge in [-0.1, -0.05) is 12.1 Å². The van der Waals surface area contributed by atoms with Crippen LogP contribution >= 0.6 is 0 Å². The summed E-state index contributed by atoms with van der Waals surface area (Å²) >= 11 is 0. The molecule has 0 saturated heterocycles. The van der Waals surface area contributed by atoms with Gasteiger partial charge in [0.2, 0.25) is 0 Å². The number of nitrogens with zero attached hydrogens (tertiary/aromatic N) is 3. The molecule has 0 bridgehead atoms. The minimum Gasteiger partial charge on any atom is -0.243 e. The maximum absolute atomic E-state index is 13.2. The third-order valence-corrected chi connectivity index (χ3v) is 2.09. The lowest BCUT2D eigenvalue weighted by atomic mass is 10.1. The molecular weight excluding hydrogens is 233 g/mol. The molecule has 3 nitrogen and oxygen atoms in total. The van der Waals surface area contributed by atoms with Crippen LogP contribution in [0.4, 0.5) is 22.0 Å². The second-order valence-electron chi connectivity index (χ2n) is 3.13. The third kappa shape index (κ3) is 1.88. The molecule has 8 heteroatoms. The lowest BCUT2D eigenvalue weighted by Gasteiger charge is -2.20. The molecule has 16 heavy (non-hydrogen) atoms. The number of hydrogen-bond acceptors (Lipinski definition) is 2. The second-order valence-corrected chi connectivity index (χ2v) is 3.13. The average Bonchev–Trinajstić information content (AvgIpc) is 2.58. The highest BCUT2D eigenvalue weighted by Crippen LogP contribution is 2.44. The molecule has 0 aliphatic heterocycles. The smallest absolute Gasteiger partial charge is 0.243 e. The Kier molecular flexibility index (Phi) is 3.20. The van der Waals surface area contributed by atoms with E-state index in [0.717, 1.165) is 0 Å². The molecule has 0 aliphatic carbocycles. The van der Waals surface area contributed by atoms with Crippen LogP contribution < -0.4 is 0 Å². The van der Waals surface area contributed by atoms with E-state index in [-0.39, 0.29) is 18.7 Å². The molecule has 0 unspecified atom stereocenters. The quantitative estimate of drug-likeness (QED) is 0.764. The summed E-state index contributed by atoms with van der Waals surface area (Å²) < 4.78 is 63.5. The summed E-state index contributed by atoms with van der Waals surface area (Å²) in [5.74, 6) is -4.92. The largest absolute Gasteiger partial charge is 0.459 e. The van der Waals surface area contributed by atoms with Gasteiger partial charge in [-0.25, -0.2) is 4.68 Å². The minimum absolute atomic E-state index is 0.0268. The van der Waals surface area contributed by atoms with Crippen LogP contribution in [-0.4, -0.2) is 21.2 Å². The Morgan fingerprint density at radius 3 is 2.06 bits per heavy atom. The Morgan fingerprint density at radius 2 is 1.69 bits per heavy atom. The molecule has 0 radical (unpaired) electrons. The van der Waals surface area contributed by atoms with Crippen LogP contribution in [0.25, 0.3) is 0 Å². The summed E-state index contributed by atoms with van der Waals surface area (Å²) in [6.07, 6.45) is -5.66. The molecule has 0 fully saturated rings. The first kappa shape index (κ1) is 12.9. The van der Waals surface area contributed by atoms with Crippen molar-refractivity contribution in [3.63, 3.8) is 0 Å². The number of aromatic nitrogens is 3. The van der Waals surface area contributed by atoms with Crippen LogP contribution in [0.3, 0.4) is 0 Å². The van der Waals surface area contributed by atoms with Crippen LogP contribution in [0.15, 0.2) is 0 Å². The molecule has 0 aliphatic rings. The Hall–Kier alpha value is -1.21. The maximum Gasteiger partial charge on any atom is 0.459 e. The fraction of sp³-hybridized carbons (Fsp3) is 0.750. The first-order valence-electron chi connectivity index (χ1n) is 4.63. The molecule has 1 heterocycles. The number of halogens is 5. The molecule has 0 saturated carbocycles. The topological polar surface area (TPSA) is 30.7 Å². The second kappa shape index (κ2) is 3.99. The van der Waals surface area contributed by atoms with E-state index < -0.39 is 17.8 Å². The van der Waals surface area contributed by atoms with Crippen molar-refractivity contribution in [2.75, 3.05) is 0 Å². The first-order chi connectivity index (χ1) is 7.25. The minimum atomic E-state index is -5.63. The van der Waals surface area contributed by atoms with E-state index in [9.17, 15) is 22.0 Å². The van der Waals surface area contributed by atoms with Crippen molar-refractivity contribution in [1.29, 1.82) is 0 Å². The summed E-state index contributed by atoms with van der Waals surface area (Å²) in [6, 6.07) is 0. The molecule has 0 amide bonds. The summed E-state index contributed by atoms with van der Waals surface area (Å²) in [7, 11) is 0. The van der Waals surface area contributed by atoms with Gasteiger partial charge in [0.05, 0.1) is 5.69 Å². The van der Waals surface area contributed by atoms with Gasteiger partial charge in [0.15, 0.2) is 0 Å². The number of alkyl halides is 5. The third-order valence-electron chi connectivity index (χ3n) is 2.09. The highest BCUT2D eigenvalue weighted by atomic mass is 19.4. The van der Waals surface area contributed by atoms with E-state index in [0.29, 0.717) is 4.68 Å². The Labute approximate surface area is 88.2 Å². The number of aryl methyl sites for hydroxylation is 2. The number of rotatable bonds is 3. The van der Waals surface area contributed by atoms with Crippen molar-refractivity contribution < 1.29 is 22.0 Å². The summed E-state index contributed by atoms with van der Waals surface area (Å²) in [5, 5.41) is 6.59. The van der Waals surface area contributed by atoms with Crippen LogP contribution in [0.2, 0.25) is 0 Å². The van der Waals surface area contributed by atoms with Crippen molar-refractivity contribution in [2.45, 2.75) is 38.9 Å². The Morgan fingerprint density at radius 1 is 1.12 bits per heavy atom. The maximum atomic E-state index is 13.2. The predicted molar refractivity (Wildman–Crippen MR) is 45.0 cm³/mol. The fourth-order valence-corrected chi connectivity index (χ4v) is 1.29. The Balaban J connectivity index is 3.35. The zero-order valence-corrected chi connectivity index (χ0v) is 8.65. The van der Waals surface area contributed by atoms with Crippen molar-refractivity contribution in [1.82, 2.24) is 15.0 Å². The van der Waals surface area contributed by atoms with E-state index >= 15 is 0 Å². The molecule has 0 atom stereocenters. The SMILES string of the molecule is CCc1nnn(CC)c1C(F)(F)C(F)(F)F. The van der Waals surface area contributed by atoms with Gasteiger partial charge in [0.1, 0.15) is 5.69 Å². The van der Waals surface area contributed by atoms with Crippen molar-refractivity contribution in [3.8, 4) is 0 Å². The molecular formula is C8H10F5N3. The summed E-state index contributed by atoms with van der Waals surface area (Å²) in [6.45, 7) is 2.78.